The van der Waals surface area contributed by atoms with Crippen LogP contribution in [0.2, 0.25) is 0 Å². The molecule has 5 heteroatoms. The smallest absolute Gasteiger partial charge is 0.236 e. The van der Waals surface area contributed by atoms with Crippen molar-refractivity contribution in [1.29, 1.82) is 5.26 Å². The first-order chi connectivity index (χ1) is 6.24. The van der Waals surface area contributed by atoms with Crippen LogP contribution in [0.1, 0.15) is 5.56 Å². The highest BCUT2D eigenvalue weighted by Crippen LogP contribution is 2.10. The molecule has 1 rings (SSSR count). The summed E-state index contributed by atoms with van der Waals surface area (Å²) in [5.41, 5.74) is 5.89. The van der Waals surface area contributed by atoms with E-state index in [4.69, 9.17) is 11.0 Å². The summed E-state index contributed by atoms with van der Waals surface area (Å²) in [6, 6.07) is 3.52. The minimum absolute atomic E-state index is 0.000370. The van der Waals surface area contributed by atoms with Crippen molar-refractivity contribution < 1.29 is 4.79 Å². The number of pyridine rings is 1. The van der Waals surface area contributed by atoms with Gasteiger partial charge in [0, 0.05) is 6.20 Å². The number of nitriles is 1. The van der Waals surface area contributed by atoms with Crippen LogP contribution in [0.25, 0.3) is 0 Å². The van der Waals surface area contributed by atoms with E-state index < -0.39 is 5.91 Å². The van der Waals surface area contributed by atoms with Crippen molar-refractivity contribution in [3.05, 3.63) is 24.0 Å². The second-order valence-corrected chi connectivity index (χ2v) is 2.35. The van der Waals surface area contributed by atoms with Gasteiger partial charge < -0.3 is 11.1 Å². The summed E-state index contributed by atoms with van der Waals surface area (Å²) in [4.78, 5) is 14.2. The number of carbonyl (C=O) groups excluding carboxylic acids is 1. The van der Waals surface area contributed by atoms with Gasteiger partial charge in [0.15, 0.2) is 0 Å². The summed E-state index contributed by atoms with van der Waals surface area (Å²) in [6.07, 6.45) is 2.98. The van der Waals surface area contributed by atoms with Crippen molar-refractivity contribution in [1.82, 2.24) is 4.98 Å². The Bertz CT molecular complexity index is 355. The fourth-order valence-corrected chi connectivity index (χ4v) is 0.815. The van der Waals surface area contributed by atoms with E-state index in [2.05, 4.69) is 10.3 Å². The molecule has 0 radical (unpaired) electrons. The largest absolute Gasteiger partial charge is 0.374 e. The molecule has 0 aliphatic heterocycles. The fraction of sp³-hybridized carbons (Fsp3) is 0.125. The molecule has 1 aromatic rings. The number of aromatic nitrogens is 1. The zero-order valence-corrected chi connectivity index (χ0v) is 6.82. The minimum Gasteiger partial charge on any atom is -0.374 e. The molecule has 0 unspecified atom stereocenters. The highest BCUT2D eigenvalue weighted by Gasteiger charge is 2.00. The first kappa shape index (κ1) is 9.00. The van der Waals surface area contributed by atoms with Crippen molar-refractivity contribution in [3.8, 4) is 6.07 Å². The zero-order chi connectivity index (χ0) is 9.68. The zero-order valence-electron chi connectivity index (χ0n) is 6.82. The molecule has 0 aliphatic rings. The van der Waals surface area contributed by atoms with E-state index in [1.54, 1.807) is 6.07 Å². The van der Waals surface area contributed by atoms with E-state index in [0.717, 1.165) is 0 Å². The molecule has 5 nitrogen and oxygen atoms in total. The molecule has 0 fully saturated rings. The number of hydrogen-bond acceptors (Lipinski definition) is 4. The Hall–Kier alpha value is -2.09. The van der Waals surface area contributed by atoms with Crippen LogP contribution in [0.15, 0.2) is 18.5 Å². The van der Waals surface area contributed by atoms with Crippen LogP contribution in [0.5, 0.6) is 0 Å². The van der Waals surface area contributed by atoms with Crippen LogP contribution in [-0.2, 0) is 4.79 Å². The number of hydrogen-bond donors (Lipinski definition) is 2. The van der Waals surface area contributed by atoms with Crippen LogP contribution < -0.4 is 11.1 Å². The molecular weight excluding hydrogens is 168 g/mol. The maximum Gasteiger partial charge on any atom is 0.236 e. The standard InChI is InChI=1S/C8H8N4O/c9-3-6-1-2-11-4-7(6)12-5-8(10)13/h1-2,4,12H,5H2,(H2,10,13). The molecule has 1 heterocycles. The lowest BCUT2D eigenvalue weighted by Gasteiger charge is -2.03. The molecule has 0 saturated heterocycles. The molecule has 0 spiro atoms. The topological polar surface area (TPSA) is 91.8 Å². The van der Waals surface area contributed by atoms with E-state index in [1.807, 2.05) is 6.07 Å². The van der Waals surface area contributed by atoms with Crippen molar-refractivity contribution in [2.45, 2.75) is 0 Å². The third-order valence-electron chi connectivity index (χ3n) is 1.39. The van der Waals surface area contributed by atoms with E-state index in [0.29, 0.717) is 11.3 Å². The summed E-state index contributed by atoms with van der Waals surface area (Å²) in [6.45, 7) is 0.000370. The van der Waals surface area contributed by atoms with Gasteiger partial charge in [-0.25, -0.2) is 0 Å². The Morgan fingerprint density at radius 3 is 3.15 bits per heavy atom. The van der Waals surface area contributed by atoms with E-state index in [-0.39, 0.29) is 6.54 Å². The third-order valence-corrected chi connectivity index (χ3v) is 1.39. The average molecular weight is 176 g/mol. The molecule has 1 aromatic heterocycles. The second-order valence-electron chi connectivity index (χ2n) is 2.35. The molecule has 0 saturated carbocycles. The van der Waals surface area contributed by atoms with Gasteiger partial charge in [-0.1, -0.05) is 0 Å². The number of carbonyl (C=O) groups is 1. The van der Waals surface area contributed by atoms with Gasteiger partial charge in [0.1, 0.15) is 6.07 Å². The van der Waals surface area contributed by atoms with Crippen molar-refractivity contribution in [3.63, 3.8) is 0 Å². The van der Waals surface area contributed by atoms with E-state index in [9.17, 15) is 4.79 Å². The fourth-order valence-electron chi connectivity index (χ4n) is 0.815. The monoisotopic (exact) mass is 176 g/mol. The quantitative estimate of drug-likeness (QED) is 0.669. The predicted octanol–water partition coefficient (Wildman–Crippen LogP) is -0.150. The first-order valence-corrected chi connectivity index (χ1v) is 3.60. The van der Waals surface area contributed by atoms with Crippen LogP contribution >= 0.6 is 0 Å². The molecule has 0 aromatic carbocycles. The molecule has 13 heavy (non-hydrogen) atoms. The lowest BCUT2D eigenvalue weighted by Crippen LogP contribution is -2.22. The van der Waals surface area contributed by atoms with Gasteiger partial charge in [0.2, 0.25) is 5.91 Å². The summed E-state index contributed by atoms with van der Waals surface area (Å²) >= 11 is 0. The van der Waals surface area contributed by atoms with Gasteiger partial charge in [-0.2, -0.15) is 5.26 Å². The minimum atomic E-state index is -0.479. The Morgan fingerprint density at radius 2 is 2.54 bits per heavy atom. The molecule has 0 bridgehead atoms. The first-order valence-electron chi connectivity index (χ1n) is 3.60. The second kappa shape index (κ2) is 4.07. The number of amides is 1. The van der Waals surface area contributed by atoms with Gasteiger partial charge in [-0.3, -0.25) is 9.78 Å². The lowest BCUT2D eigenvalue weighted by molar-refractivity contribution is -0.116. The average Bonchev–Trinajstić information content (AvgIpc) is 2.15. The Labute approximate surface area is 75.2 Å². The number of nitrogens with two attached hydrogens (primary N) is 1. The van der Waals surface area contributed by atoms with Crippen molar-refractivity contribution in [2.24, 2.45) is 5.73 Å². The Morgan fingerprint density at radius 1 is 1.77 bits per heavy atom. The number of primary amides is 1. The van der Waals surface area contributed by atoms with Crippen molar-refractivity contribution in [2.75, 3.05) is 11.9 Å². The van der Waals surface area contributed by atoms with Crippen LogP contribution in [0.3, 0.4) is 0 Å². The summed E-state index contributed by atoms with van der Waals surface area (Å²) in [5.74, 6) is -0.479. The summed E-state index contributed by atoms with van der Waals surface area (Å²) in [5, 5.41) is 11.4. The Kier molecular flexibility index (Phi) is 2.82. The van der Waals surface area contributed by atoms with E-state index >= 15 is 0 Å². The number of nitrogens with one attached hydrogen (secondary N) is 1. The number of nitrogens with zero attached hydrogens (tertiary/aromatic N) is 2. The maximum absolute atomic E-state index is 10.4. The van der Waals surface area contributed by atoms with Gasteiger partial charge in [0.05, 0.1) is 24.0 Å². The summed E-state index contributed by atoms with van der Waals surface area (Å²) in [7, 11) is 0. The highest BCUT2D eigenvalue weighted by atomic mass is 16.1. The van der Waals surface area contributed by atoms with Crippen LogP contribution in [0.4, 0.5) is 5.69 Å². The van der Waals surface area contributed by atoms with Gasteiger partial charge in [-0.05, 0) is 6.07 Å². The molecule has 1 amide bonds. The SMILES string of the molecule is N#Cc1ccncc1NCC(N)=O. The number of rotatable bonds is 3. The van der Waals surface area contributed by atoms with Crippen molar-refractivity contribution >= 4 is 11.6 Å². The van der Waals surface area contributed by atoms with Gasteiger partial charge in [-0.15, -0.1) is 0 Å². The number of anilines is 1. The highest BCUT2D eigenvalue weighted by molar-refractivity contribution is 5.79. The van der Waals surface area contributed by atoms with E-state index in [1.165, 1.54) is 12.4 Å². The third kappa shape index (κ3) is 2.45. The maximum atomic E-state index is 10.4. The van der Waals surface area contributed by atoms with Crippen LogP contribution in [-0.4, -0.2) is 17.4 Å². The molecule has 66 valence electrons. The molecule has 0 atom stereocenters. The predicted molar refractivity (Wildman–Crippen MR) is 46.6 cm³/mol. The van der Waals surface area contributed by atoms with Gasteiger partial charge in [0.25, 0.3) is 0 Å². The Balaban J connectivity index is 2.77. The summed E-state index contributed by atoms with van der Waals surface area (Å²) < 4.78 is 0. The molecule has 0 aliphatic carbocycles. The molecule has 3 N–H and O–H groups in total. The molecular formula is C8H8N4O. The van der Waals surface area contributed by atoms with Crippen LogP contribution in [0, 0.1) is 11.3 Å². The lowest BCUT2D eigenvalue weighted by atomic mass is 10.2. The normalized spacial score (nSPS) is 8.85. The van der Waals surface area contributed by atoms with Gasteiger partial charge >= 0.3 is 0 Å².